The van der Waals surface area contributed by atoms with Gasteiger partial charge in [-0.25, -0.2) is 4.98 Å². The van der Waals surface area contributed by atoms with Gasteiger partial charge < -0.3 is 29.2 Å². The molecular formula is C27H32N6O3. The number of piperidine rings is 1. The number of carbonyl (C=O) groups is 1. The Hall–Kier alpha value is -3.59. The van der Waals surface area contributed by atoms with E-state index in [4.69, 9.17) is 25.2 Å². The van der Waals surface area contributed by atoms with E-state index in [-0.39, 0.29) is 11.9 Å². The summed E-state index contributed by atoms with van der Waals surface area (Å²) >= 11 is 0. The summed E-state index contributed by atoms with van der Waals surface area (Å²) in [4.78, 5) is 25.0. The van der Waals surface area contributed by atoms with Crippen LogP contribution in [0.5, 0.6) is 11.6 Å². The second-order valence-electron chi connectivity index (χ2n) is 10.0. The van der Waals surface area contributed by atoms with Gasteiger partial charge in [-0.05, 0) is 55.9 Å². The Morgan fingerprint density at radius 1 is 1.11 bits per heavy atom. The Morgan fingerprint density at radius 2 is 1.94 bits per heavy atom. The van der Waals surface area contributed by atoms with E-state index in [2.05, 4.69) is 10.6 Å². The lowest BCUT2D eigenvalue weighted by Gasteiger charge is -2.30. The molecule has 1 saturated carbocycles. The highest BCUT2D eigenvalue weighted by molar-refractivity contribution is 6.00. The molecule has 0 radical (unpaired) electrons. The molecule has 188 valence electrons. The fraction of sp³-hybridized carbons (Fsp3) is 0.444. The number of ether oxygens (including phenoxy) is 2. The van der Waals surface area contributed by atoms with E-state index in [9.17, 15) is 4.79 Å². The van der Waals surface area contributed by atoms with Crippen molar-refractivity contribution in [3.8, 4) is 23.1 Å². The number of amides is 1. The van der Waals surface area contributed by atoms with Gasteiger partial charge in [0, 0.05) is 49.7 Å². The number of hydrogen-bond acceptors (Lipinski definition) is 6. The molecule has 2 fully saturated rings. The predicted molar refractivity (Wildman–Crippen MR) is 138 cm³/mol. The van der Waals surface area contributed by atoms with Crippen molar-refractivity contribution in [2.24, 2.45) is 18.7 Å². The molecule has 2 aliphatic rings. The molecule has 6 rings (SSSR count). The first kappa shape index (κ1) is 22.8. The zero-order valence-electron chi connectivity index (χ0n) is 21.0. The first-order valence-corrected chi connectivity index (χ1v) is 12.6. The van der Waals surface area contributed by atoms with Crippen LogP contribution in [-0.2, 0) is 13.6 Å². The molecule has 1 aromatic carbocycles. The van der Waals surface area contributed by atoms with Gasteiger partial charge in [-0.3, -0.25) is 4.79 Å². The summed E-state index contributed by atoms with van der Waals surface area (Å²) in [6.45, 7) is 2.18. The van der Waals surface area contributed by atoms with Gasteiger partial charge in [-0.2, -0.15) is 4.98 Å². The topological polar surface area (TPSA) is 100 Å². The number of likely N-dealkylation sites (tertiary alicyclic amines) is 1. The fourth-order valence-corrected chi connectivity index (χ4v) is 5.35. The van der Waals surface area contributed by atoms with Gasteiger partial charge in [-0.15, -0.1) is 0 Å². The third kappa shape index (κ3) is 3.87. The normalized spacial score (nSPS) is 18.2. The third-order valence-electron chi connectivity index (χ3n) is 7.44. The molecule has 4 aromatic rings. The Bertz CT molecular complexity index is 1470. The Labute approximate surface area is 209 Å². The van der Waals surface area contributed by atoms with E-state index >= 15 is 0 Å². The van der Waals surface area contributed by atoms with Crippen LogP contribution < -0.4 is 15.2 Å². The number of nitrogens with zero attached hydrogens (tertiary/aromatic N) is 5. The van der Waals surface area contributed by atoms with Crippen molar-refractivity contribution in [1.29, 1.82) is 0 Å². The van der Waals surface area contributed by atoms with Crippen LogP contribution in [-0.4, -0.2) is 63.3 Å². The van der Waals surface area contributed by atoms with E-state index in [0.29, 0.717) is 29.7 Å². The van der Waals surface area contributed by atoms with Gasteiger partial charge in [-0.1, -0.05) is 0 Å². The number of rotatable bonds is 6. The number of imidazole rings is 1. The van der Waals surface area contributed by atoms with E-state index in [1.54, 1.807) is 14.2 Å². The van der Waals surface area contributed by atoms with Crippen molar-refractivity contribution in [2.45, 2.75) is 38.3 Å². The first-order valence-electron chi connectivity index (χ1n) is 12.6. The van der Waals surface area contributed by atoms with Crippen molar-refractivity contribution >= 4 is 28.0 Å². The minimum atomic E-state index is -0.0308. The van der Waals surface area contributed by atoms with E-state index < -0.39 is 0 Å². The molecule has 1 aliphatic carbocycles. The minimum absolute atomic E-state index is 0.0235. The number of methoxy groups -OCH3 is 2. The molecule has 9 nitrogen and oxygen atoms in total. The average Bonchev–Trinajstić information content (AvgIpc) is 3.56. The number of benzene rings is 1. The van der Waals surface area contributed by atoms with Crippen LogP contribution in [0, 0.1) is 5.92 Å². The van der Waals surface area contributed by atoms with E-state index in [1.807, 2.05) is 40.8 Å². The zero-order chi connectivity index (χ0) is 25.0. The molecule has 3 aromatic heterocycles. The summed E-state index contributed by atoms with van der Waals surface area (Å²) < 4.78 is 15.5. The van der Waals surface area contributed by atoms with Gasteiger partial charge in [0.05, 0.1) is 25.4 Å². The summed E-state index contributed by atoms with van der Waals surface area (Å²) in [6, 6.07) is 9.78. The van der Waals surface area contributed by atoms with E-state index in [0.717, 1.165) is 59.5 Å². The lowest BCUT2D eigenvalue weighted by molar-refractivity contribution is 0.0708. The maximum Gasteiger partial charge on any atom is 0.254 e. The average molecular weight is 489 g/mol. The SMILES string of the molecule is COc1ccc2cc(-c3nc4cc(C(=O)N5CCC[C@H](N)C5)cc(OC)c4n3C)n(CC3CC3)c2n1. The maximum atomic E-state index is 13.3. The maximum absolute atomic E-state index is 13.3. The summed E-state index contributed by atoms with van der Waals surface area (Å²) in [6.07, 6.45) is 4.33. The largest absolute Gasteiger partial charge is 0.494 e. The van der Waals surface area contributed by atoms with Gasteiger partial charge in [0.1, 0.15) is 16.9 Å². The van der Waals surface area contributed by atoms with Crippen molar-refractivity contribution in [1.82, 2.24) is 24.0 Å². The van der Waals surface area contributed by atoms with Crippen LogP contribution in [0.15, 0.2) is 30.3 Å². The van der Waals surface area contributed by atoms with Crippen molar-refractivity contribution in [3.05, 3.63) is 35.9 Å². The summed E-state index contributed by atoms with van der Waals surface area (Å²) in [5.74, 6) is 2.65. The van der Waals surface area contributed by atoms with Crippen molar-refractivity contribution in [2.75, 3.05) is 27.3 Å². The Kier molecular flexibility index (Phi) is 5.59. The molecule has 0 spiro atoms. The van der Waals surface area contributed by atoms with Crippen LogP contribution in [0.3, 0.4) is 0 Å². The smallest absolute Gasteiger partial charge is 0.254 e. The quantitative estimate of drug-likeness (QED) is 0.445. The van der Waals surface area contributed by atoms with Crippen LogP contribution >= 0.6 is 0 Å². The van der Waals surface area contributed by atoms with Crippen LogP contribution in [0.2, 0.25) is 0 Å². The first-order chi connectivity index (χ1) is 17.5. The number of nitrogens with two attached hydrogens (primary N) is 1. The highest BCUT2D eigenvalue weighted by Crippen LogP contribution is 2.38. The Morgan fingerprint density at radius 3 is 2.67 bits per heavy atom. The molecule has 1 aliphatic heterocycles. The van der Waals surface area contributed by atoms with Crippen molar-refractivity contribution in [3.63, 3.8) is 0 Å². The second-order valence-corrected chi connectivity index (χ2v) is 10.0. The molecular weight excluding hydrogens is 456 g/mol. The van der Waals surface area contributed by atoms with Gasteiger partial charge in [0.15, 0.2) is 5.82 Å². The minimum Gasteiger partial charge on any atom is -0.494 e. The molecule has 1 amide bonds. The summed E-state index contributed by atoms with van der Waals surface area (Å²) in [5.41, 5.74) is 10.2. The molecule has 0 unspecified atom stereocenters. The summed E-state index contributed by atoms with van der Waals surface area (Å²) in [5, 5.41) is 1.04. The third-order valence-corrected chi connectivity index (χ3v) is 7.44. The number of fused-ring (bicyclic) bond motifs is 2. The highest BCUT2D eigenvalue weighted by atomic mass is 16.5. The van der Waals surface area contributed by atoms with Crippen molar-refractivity contribution < 1.29 is 14.3 Å². The molecule has 0 bridgehead atoms. The molecule has 1 saturated heterocycles. The molecule has 1 atom stereocenters. The fourth-order valence-electron chi connectivity index (χ4n) is 5.35. The van der Waals surface area contributed by atoms with Crippen LogP contribution in [0.25, 0.3) is 33.6 Å². The number of hydrogen-bond donors (Lipinski definition) is 1. The predicted octanol–water partition coefficient (Wildman–Crippen LogP) is 3.58. The number of aryl methyl sites for hydroxylation is 1. The molecule has 4 heterocycles. The van der Waals surface area contributed by atoms with Gasteiger partial charge >= 0.3 is 0 Å². The lowest BCUT2D eigenvalue weighted by Crippen LogP contribution is -2.45. The number of carbonyl (C=O) groups excluding carboxylic acids is 1. The zero-order valence-corrected chi connectivity index (χ0v) is 21.0. The van der Waals surface area contributed by atoms with Gasteiger partial charge in [0.25, 0.3) is 5.91 Å². The molecule has 36 heavy (non-hydrogen) atoms. The van der Waals surface area contributed by atoms with E-state index in [1.165, 1.54) is 12.8 Å². The summed E-state index contributed by atoms with van der Waals surface area (Å²) in [7, 11) is 5.26. The van der Waals surface area contributed by atoms with Gasteiger partial charge in [0.2, 0.25) is 5.88 Å². The van der Waals surface area contributed by atoms with Crippen LogP contribution in [0.1, 0.15) is 36.0 Å². The number of pyridine rings is 1. The molecule has 2 N–H and O–H groups in total. The Balaban J connectivity index is 1.48. The monoisotopic (exact) mass is 488 g/mol. The highest BCUT2D eigenvalue weighted by Gasteiger charge is 2.28. The number of aromatic nitrogens is 4. The molecule has 9 heteroatoms. The second kappa shape index (κ2) is 8.81. The standard InChI is InChI=1S/C27H32N6O3/c1-31-24-20(11-18(13-22(24)35-2)27(34)32-10-4-5-19(28)15-32)29-26(31)21-12-17-8-9-23(36-3)30-25(17)33(21)14-16-6-7-16/h8-9,11-13,16,19H,4-7,10,14-15,28H2,1-3H3/t19-/m0/s1. The lowest BCUT2D eigenvalue weighted by atomic mass is 10.0. The van der Waals surface area contributed by atoms with Crippen LogP contribution in [0.4, 0.5) is 0 Å².